The highest BCUT2D eigenvalue weighted by molar-refractivity contribution is 7.15. The zero-order valence-electron chi connectivity index (χ0n) is 13.7. The van der Waals surface area contributed by atoms with Crippen molar-refractivity contribution in [3.05, 3.63) is 10.6 Å². The molecule has 1 saturated heterocycles. The standard InChI is InChI=1S/C17H29N3S/c1-4-10-18-12(2)16-13(3)19-17(21-16)20-11-6-8-14-7-5-9-15(14)20/h12,14-15,18H,4-11H2,1-3H3. The average molecular weight is 308 g/mol. The second-order valence-electron chi connectivity index (χ2n) is 6.72. The summed E-state index contributed by atoms with van der Waals surface area (Å²) in [5, 5.41) is 4.89. The van der Waals surface area contributed by atoms with E-state index >= 15 is 0 Å². The van der Waals surface area contributed by atoms with Gasteiger partial charge in [0.25, 0.3) is 0 Å². The first-order chi connectivity index (χ1) is 10.2. The van der Waals surface area contributed by atoms with E-state index in [1.807, 2.05) is 11.3 Å². The summed E-state index contributed by atoms with van der Waals surface area (Å²) in [6.07, 6.45) is 8.20. The van der Waals surface area contributed by atoms with Crippen molar-refractivity contribution >= 4 is 16.5 Å². The van der Waals surface area contributed by atoms with Crippen molar-refractivity contribution in [1.82, 2.24) is 10.3 Å². The van der Waals surface area contributed by atoms with Gasteiger partial charge in [0.2, 0.25) is 0 Å². The number of thiazole rings is 1. The van der Waals surface area contributed by atoms with Gasteiger partial charge in [-0.1, -0.05) is 13.3 Å². The van der Waals surface area contributed by atoms with Gasteiger partial charge in [0.05, 0.1) is 5.69 Å². The molecule has 0 radical (unpaired) electrons. The van der Waals surface area contributed by atoms with Crippen LogP contribution in [0.4, 0.5) is 5.13 Å². The second kappa shape index (κ2) is 6.66. The van der Waals surface area contributed by atoms with E-state index in [0.29, 0.717) is 6.04 Å². The normalized spacial score (nSPS) is 26.9. The number of aromatic nitrogens is 1. The maximum atomic E-state index is 4.93. The fourth-order valence-corrected chi connectivity index (χ4v) is 5.24. The number of piperidine rings is 1. The number of nitrogens with one attached hydrogen (secondary N) is 1. The van der Waals surface area contributed by atoms with Crippen LogP contribution in [0.3, 0.4) is 0 Å². The van der Waals surface area contributed by atoms with E-state index in [0.717, 1.165) is 18.5 Å². The van der Waals surface area contributed by atoms with E-state index in [9.17, 15) is 0 Å². The van der Waals surface area contributed by atoms with E-state index in [-0.39, 0.29) is 0 Å². The lowest BCUT2D eigenvalue weighted by Gasteiger charge is -2.37. The van der Waals surface area contributed by atoms with Crippen LogP contribution in [-0.4, -0.2) is 24.1 Å². The number of anilines is 1. The molecule has 1 aliphatic carbocycles. The molecule has 3 unspecified atom stereocenters. The third-order valence-corrected chi connectivity index (χ3v) is 6.53. The molecule has 1 N–H and O–H groups in total. The highest BCUT2D eigenvalue weighted by Crippen LogP contribution is 2.41. The summed E-state index contributed by atoms with van der Waals surface area (Å²) in [5.41, 5.74) is 1.23. The maximum absolute atomic E-state index is 4.93. The number of hydrogen-bond acceptors (Lipinski definition) is 4. The largest absolute Gasteiger partial charge is 0.345 e. The van der Waals surface area contributed by atoms with Crippen LogP contribution in [-0.2, 0) is 0 Å². The summed E-state index contributed by atoms with van der Waals surface area (Å²) in [4.78, 5) is 8.99. The lowest BCUT2D eigenvalue weighted by Crippen LogP contribution is -2.42. The SMILES string of the molecule is CCCNC(C)c1sc(N2CCCC3CCCC32)nc1C. The van der Waals surface area contributed by atoms with E-state index < -0.39 is 0 Å². The van der Waals surface area contributed by atoms with Gasteiger partial charge < -0.3 is 10.2 Å². The third-order valence-electron chi connectivity index (χ3n) is 5.15. The molecular weight excluding hydrogens is 278 g/mol. The summed E-state index contributed by atoms with van der Waals surface area (Å²) >= 11 is 1.93. The smallest absolute Gasteiger partial charge is 0.186 e. The van der Waals surface area contributed by atoms with Crippen LogP contribution < -0.4 is 10.2 Å². The highest BCUT2D eigenvalue weighted by Gasteiger charge is 2.36. The molecule has 0 amide bonds. The Morgan fingerprint density at radius 1 is 1.33 bits per heavy atom. The van der Waals surface area contributed by atoms with Crippen LogP contribution in [0.2, 0.25) is 0 Å². The first-order valence-corrected chi connectivity index (χ1v) is 9.49. The molecule has 1 aromatic rings. The zero-order chi connectivity index (χ0) is 14.8. The van der Waals surface area contributed by atoms with Crippen molar-refractivity contribution in [2.45, 2.75) is 71.4 Å². The number of hydrogen-bond donors (Lipinski definition) is 1. The quantitative estimate of drug-likeness (QED) is 0.880. The van der Waals surface area contributed by atoms with Crippen molar-refractivity contribution < 1.29 is 0 Å². The fraction of sp³-hybridized carbons (Fsp3) is 0.824. The van der Waals surface area contributed by atoms with Gasteiger partial charge in [0, 0.05) is 23.5 Å². The van der Waals surface area contributed by atoms with E-state index in [1.165, 1.54) is 60.8 Å². The van der Waals surface area contributed by atoms with Crippen LogP contribution in [0.25, 0.3) is 0 Å². The molecule has 0 bridgehead atoms. The highest BCUT2D eigenvalue weighted by atomic mass is 32.1. The first-order valence-electron chi connectivity index (χ1n) is 8.68. The molecule has 4 heteroatoms. The minimum absolute atomic E-state index is 0.431. The molecule has 2 fully saturated rings. The van der Waals surface area contributed by atoms with Crippen molar-refractivity contribution in [3.63, 3.8) is 0 Å². The molecule has 21 heavy (non-hydrogen) atoms. The Morgan fingerprint density at radius 2 is 2.14 bits per heavy atom. The number of fused-ring (bicyclic) bond motifs is 1. The van der Waals surface area contributed by atoms with Gasteiger partial charge in [-0.15, -0.1) is 11.3 Å². The summed E-state index contributed by atoms with van der Waals surface area (Å²) in [6.45, 7) is 8.97. The van der Waals surface area contributed by atoms with Gasteiger partial charge in [0.1, 0.15) is 0 Å². The molecule has 1 saturated carbocycles. The fourth-order valence-electron chi connectivity index (χ4n) is 4.06. The second-order valence-corrected chi connectivity index (χ2v) is 7.72. The van der Waals surface area contributed by atoms with E-state index in [4.69, 9.17) is 4.98 Å². The van der Waals surface area contributed by atoms with Gasteiger partial charge in [-0.05, 0) is 58.4 Å². The van der Waals surface area contributed by atoms with E-state index in [1.54, 1.807) is 0 Å². The first kappa shape index (κ1) is 15.3. The Balaban J connectivity index is 1.76. The Hall–Kier alpha value is -0.610. The van der Waals surface area contributed by atoms with Gasteiger partial charge in [0.15, 0.2) is 5.13 Å². The monoisotopic (exact) mass is 307 g/mol. The van der Waals surface area contributed by atoms with E-state index in [2.05, 4.69) is 31.0 Å². The minimum atomic E-state index is 0.431. The predicted octanol–water partition coefficient (Wildman–Crippen LogP) is 4.28. The zero-order valence-corrected chi connectivity index (χ0v) is 14.5. The topological polar surface area (TPSA) is 28.2 Å². The van der Waals surface area contributed by atoms with Gasteiger partial charge in [-0.25, -0.2) is 4.98 Å². The third kappa shape index (κ3) is 3.11. The summed E-state index contributed by atoms with van der Waals surface area (Å²) in [7, 11) is 0. The Kier molecular flexibility index (Phi) is 4.85. The predicted molar refractivity (Wildman–Crippen MR) is 91.3 cm³/mol. The van der Waals surface area contributed by atoms with Crippen LogP contribution in [0, 0.1) is 12.8 Å². The Bertz CT molecular complexity index is 471. The van der Waals surface area contributed by atoms with Crippen LogP contribution in [0.1, 0.15) is 69.0 Å². The molecule has 2 heterocycles. The van der Waals surface area contributed by atoms with Crippen molar-refractivity contribution in [3.8, 4) is 0 Å². The van der Waals surface area contributed by atoms with Gasteiger partial charge >= 0.3 is 0 Å². The van der Waals surface area contributed by atoms with Crippen LogP contribution >= 0.6 is 11.3 Å². The molecule has 0 spiro atoms. The Labute approximate surface area is 133 Å². The van der Waals surface area contributed by atoms with Crippen molar-refractivity contribution in [2.24, 2.45) is 5.92 Å². The molecule has 3 nitrogen and oxygen atoms in total. The molecule has 3 atom stereocenters. The molecule has 2 aliphatic rings. The van der Waals surface area contributed by atoms with Crippen LogP contribution in [0.5, 0.6) is 0 Å². The molecule has 3 rings (SSSR count). The number of rotatable bonds is 5. The van der Waals surface area contributed by atoms with Crippen molar-refractivity contribution in [2.75, 3.05) is 18.0 Å². The molecule has 1 aromatic heterocycles. The molecule has 0 aromatic carbocycles. The molecule has 118 valence electrons. The lowest BCUT2D eigenvalue weighted by atomic mass is 9.92. The number of nitrogens with zero attached hydrogens (tertiary/aromatic N) is 2. The molecular formula is C17H29N3S. The lowest BCUT2D eigenvalue weighted by molar-refractivity contribution is 0.362. The van der Waals surface area contributed by atoms with Crippen LogP contribution in [0.15, 0.2) is 0 Å². The summed E-state index contributed by atoms with van der Waals surface area (Å²) in [5.74, 6) is 0.932. The summed E-state index contributed by atoms with van der Waals surface area (Å²) in [6, 6.07) is 1.21. The average Bonchev–Trinajstić information content (AvgIpc) is 3.10. The van der Waals surface area contributed by atoms with Gasteiger partial charge in [-0.2, -0.15) is 0 Å². The maximum Gasteiger partial charge on any atom is 0.186 e. The minimum Gasteiger partial charge on any atom is -0.345 e. The summed E-state index contributed by atoms with van der Waals surface area (Å²) < 4.78 is 0. The van der Waals surface area contributed by atoms with Gasteiger partial charge in [-0.3, -0.25) is 0 Å². The molecule has 1 aliphatic heterocycles. The number of aryl methyl sites for hydroxylation is 1. The van der Waals surface area contributed by atoms with Crippen molar-refractivity contribution in [1.29, 1.82) is 0 Å². The Morgan fingerprint density at radius 3 is 2.95 bits per heavy atom.